The van der Waals surface area contributed by atoms with Crippen LogP contribution in [0.5, 0.6) is 5.75 Å². The van der Waals surface area contributed by atoms with Gasteiger partial charge in [-0.15, -0.1) is 0 Å². The van der Waals surface area contributed by atoms with Crippen molar-refractivity contribution in [2.24, 2.45) is 0 Å². The molecule has 0 spiro atoms. The summed E-state index contributed by atoms with van der Waals surface area (Å²) < 4.78 is 22.5. The predicted octanol–water partition coefficient (Wildman–Crippen LogP) is 2.14. The molecule has 112 valence electrons. The molecule has 0 radical (unpaired) electrons. The molecular weight excluding hydrogens is 281 g/mol. The highest BCUT2D eigenvalue weighted by molar-refractivity contribution is 7.57. The van der Waals surface area contributed by atoms with E-state index in [0.717, 1.165) is 0 Å². The molecule has 0 saturated heterocycles. The van der Waals surface area contributed by atoms with E-state index in [4.69, 9.17) is 9.26 Å². The van der Waals surface area contributed by atoms with Gasteiger partial charge in [-0.25, -0.2) is 5.09 Å². The predicted molar refractivity (Wildman–Crippen MR) is 75.6 cm³/mol. The molecule has 0 aliphatic heterocycles. The van der Waals surface area contributed by atoms with Crippen molar-refractivity contribution >= 4 is 13.5 Å². The number of hydrogen-bond acceptors (Lipinski definition) is 5. The molecule has 0 heterocycles. The van der Waals surface area contributed by atoms with Gasteiger partial charge in [-0.1, -0.05) is 25.1 Å². The first-order chi connectivity index (χ1) is 9.50. The first kappa shape index (κ1) is 16.7. The summed E-state index contributed by atoms with van der Waals surface area (Å²) in [6, 6.07) is 7.62. The van der Waals surface area contributed by atoms with Crippen molar-refractivity contribution < 1.29 is 23.7 Å². The Morgan fingerprint density at radius 1 is 1.40 bits per heavy atom. The monoisotopic (exact) mass is 301 g/mol. The van der Waals surface area contributed by atoms with E-state index in [2.05, 4.69) is 5.09 Å². The van der Waals surface area contributed by atoms with Gasteiger partial charge >= 0.3 is 13.5 Å². The van der Waals surface area contributed by atoms with E-state index < -0.39 is 25.9 Å². The SMILES string of the molecule is CCCOC(=O)[C@H](C)N[P@](=O)(CO)Oc1ccccc1. The molecule has 0 bridgehead atoms. The van der Waals surface area contributed by atoms with E-state index in [1.54, 1.807) is 30.3 Å². The minimum absolute atomic E-state index is 0.299. The van der Waals surface area contributed by atoms with Crippen LogP contribution in [0.25, 0.3) is 0 Å². The fraction of sp³-hybridized carbons (Fsp3) is 0.462. The molecule has 0 fully saturated rings. The van der Waals surface area contributed by atoms with Gasteiger partial charge in [-0.2, -0.15) is 0 Å². The van der Waals surface area contributed by atoms with E-state index in [1.165, 1.54) is 6.92 Å². The van der Waals surface area contributed by atoms with E-state index in [0.29, 0.717) is 18.8 Å². The summed E-state index contributed by atoms with van der Waals surface area (Å²) >= 11 is 0. The Balaban J connectivity index is 2.65. The molecule has 0 aromatic heterocycles. The van der Waals surface area contributed by atoms with Crippen molar-refractivity contribution in [2.75, 3.05) is 13.0 Å². The average Bonchev–Trinajstić information content (AvgIpc) is 2.45. The number of ether oxygens (including phenoxy) is 1. The fourth-order valence-electron chi connectivity index (χ4n) is 1.42. The van der Waals surface area contributed by atoms with Crippen LogP contribution in [-0.4, -0.2) is 30.1 Å². The zero-order chi connectivity index (χ0) is 15.0. The second kappa shape index (κ2) is 8.04. The average molecular weight is 301 g/mol. The third kappa shape index (κ3) is 5.33. The summed E-state index contributed by atoms with van der Waals surface area (Å²) in [6.07, 6.45) is -0.00999. The van der Waals surface area contributed by atoms with Crippen molar-refractivity contribution in [1.82, 2.24) is 5.09 Å². The minimum Gasteiger partial charge on any atom is -0.465 e. The lowest BCUT2D eigenvalue weighted by Gasteiger charge is -2.21. The van der Waals surface area contributed by atoms with Crippen molar-refractivity contribution in [1.29, 1.82) is 0 Å². The lowest BCUT2D eigenvalue weighted by molar-refractivity contribution is -0.145. The van der Waals surface area contributed by atoms with Crippen LogP contribution in [0.2, 0.25) is 0 Å². The van der Waals surface area contributed by atoms with Crippen LogP contribution >= 0.6 is 7.52 Å². The third-order valence-corrected chi connectivity index (χ3v) is 4.03. The molecule has 2 atom stereocenters. The Morgan fingerprint density at radius 3 is 2.60 bits per heavy atom. The van der Waals surface area contributed by atoms with Crippen molar-refractivity contribution in [3.05, 3.63) is 30.3 Å². The van der Waals surface area contributed by atoms with Crippen LogP contribution < -0.4 is 9.61 Å². The van der Waals surface area contributed by atoms with Crippen molar-refractivity contribution in [3.8, 4) is 5.75 Å². The standard InChI is InChI=1S/C13H20NO5P/c1-3-9-18-13(16)11(2)14-20(17,10-15)19-12-7-5-4-6-8-12/h4-8,11,15H,3,9-10H2,1-2H3,(H,14,17)/t11-,20-/m0/s1. The summed E-state index contributed by atoms with van der Waals surface area (Å²) in [6.45, 7) is 3.69. The van der Waals surface area contributed by atoms with Crippen LogP contribution in [0, 0.1) is 0 Å². The van der Waals surface area contributed by atoms with Gasteiger partial charge in [-0.05, 0) is 25.5 Å². The van der Waals surface area contributed by atoms with E-state index in [9.17, 15) is 14.5 Å². The van der Waals surface area contributed by atoms with Crippen LogP contribution in [-0.2, 0) is 14.1 Å². The topological polar surface area (TPSA) is 84.9 Å². The number of nitrogens with one attached hydrogen (secondary N) is 1. The number of aliphatic hydroxyl groups excluding tert-OH is 1. The Kier molecular flexibility index (Phi) is 6.71. The molecule has 0 saturated carbocycles. The van der Waals surface area contributed by atoms with Gasteiger partial charge in [0.15, 0.2) is 0 Å². The van der Waals surface area contributed by atoms with E-state index >= 15 is 0 Å². The number of carbonyl (C=O) groups excluding carboxylic acids is 1. The second-order valence-corrected chi connectivity index (χ2v) is 6.31. The highest BCUT2D eigenvalue weighted by Crippen LogP contribution is 2.42. The summed E-state index contributed by atoms with van der Waals surface area (Å²) in [4.78, 5) is 11.6. The molecule has 1 rings (SSSR count). The number of carbonyl (C=O) groups is 1. The number of para-hydroxylation sites is 1. The molecule has 20 heavy (non-hydrogen) atoms. The Labute approximate surface area is 118 Å². The first-order valence-electron chi connectivity index (χ1n) is 6.39. The number of rotatable bonds is 8. The molecule has 0 amide bonds. The second-order valence-electron chi connectivity index (χ2n) is 4.24. The van der Waals surface area contributed by atoms with Crippen molar-refractivity contribution in [3.63, 3.8) is 0 Å². The normalized spacial score (nSPS) is 15.2. The maximum Gasteiger partial charge on any atom is 0.342 e. The molecule has 1 aromatic carbocycles. The number of esters is 1. The Bertz CT molecular complexity index is 465. The Hall–Kier alpha value is -1.36. The third-order valence-electron chi connectivity index (χ3n) is 2.37. The highest BCUT2D eigenvalue weighted by Gasteiger charge is 2.29. The van der Waals surface area contributed by atoms with Crippen LogP contribution in [0.3, 0.4) is 0 Å². The zero-order valence-corrected chi connectivity index (χ0v) is 12.5. The largest absolute Gasteiger partial charge is 0.465 e. The summed E-state index contributed by atoms with van der Waals surface area (Å²) in [5.74, 6) is -0.177. The molecule has 6 nitrogen and oxygen atoms in total. The first-order valence-corrected chi connectivity index (χ1v) is 8.20. The van der Waals surface area contributed by atoms with Gasteiger partial charge in [0.2, 0.25) is 0 Å². The molecule has 0 unspecified atom stereocenters. The van der Waals surface area contributed by atoms with Crippen LogP contribution in [0.15, 0.2) is 30.3 Å². The van der Waals surface area contributed by atoms with Gasteiger partial charge in [0, 0.05) is 0 Å². The van der Waals surface area contributed by atoms with Crippen LogP contribution in [0.4, 0.5) is 0 Å². The van der Waals surface area contributed by atoms with Crippen LogP contribution in [0.1, 0.15) is 20.3 Å². The number of benzene rings is 1. The summed E-state index contributed by atoms with van der Waals surface area (Å²) in [5.41, 5.74) is 0. The molecule has 0 aliphatic rings. The summed E-state index contributed by atoms with van der Waals surface area (Å²) in [5, 5.41) is 11.8. The molecule has 1 aromatic rings. The van der Waals surface area contributed by atoms with Gasteiger partial charge in [-0.3, -0.25) is 9.36 Å². The molecule has 0 aliphatic carbocycles. The molecular formula is C13H20NO5P. The van der Waals surface area contributed by atoms with Gasteiger partial charge in [0.05, 0.1) is 6.61 Å². The molecule has 2 N–H and O–H groups in total. The van der Waals surface area contributed by atoms with Gasteiger partial charge < -0.3 is 14.4 Å². The lowest BCUT2D eigenvalue weighted by atomic mass is 10.3. The van der Waals surface area contributed by atoms with Crippen molar-refractivity contribution in [2.45, 2.75) is 26.3 Å². The maximum atomic E-state index is 12.3. The summed E-state index contributed by atoms with van der Waals surface area (Å²) in [7, 11) is -3.56. The number of hydrogen-bond donors (Lipinski definition) is 2. The quantitative estimate of drug-likeness (QED) is 0.565. The van der Waals surface area contributed by atoms with E-state index in [-0.39, 0.29) is 0 Å². The maximum absolute atomic E-state index is 12.3. The smallest absolute Gasteiger partial charge is 0.342 e. The lowest BCUT2D eigenvalue weighted by Crippen LogP contribution is -2.35. The van der Waals surface area contributed by atoms with E-state index in [1.807, 2.05) is 6.92 Å². The zero-order valence-electron chi connectivity index (χ0n) is 11.6. The number of aliphatic hydroxyl groups is 1. The fourth-order valence-corrected chi connectivity index (χ4v) is 2.77. The minimum atomic E-state index is -3.56. The highest BCUT2D eigenvalue weighted by atomic mass is 31.2. The molecule has 7 heteroatoms. The van der Waals surface area contributed by atoms with Gasteiger partial charge in [0.1, 0.15) is 18.1 Å². The Morgan fingerprint density at radius 2 is 2.05 bits per heavy atom. The van der Waals surface area contributed by atoms with Gasteiger partial charge in [0.25, 0.3) is 0 Å².